The number of aromatic nitrogens is 3. The lowest BCUT2D eigenvalue weighted by Crippen LogP contribution is -2.07. The van der Waals surface area contributed by atoms with Crippen molar-refractivity contribution in [2.45, 2.75) is 25.8 Å². The van der Waals surface area contributed by atoms with Crippen LogP contribution >= 0.6 is 0 Å². The van der Waals surface area contributed by atoms with Crippen molar-refractivity contribution in [3.05, 3.63) is 132 Å². The first-order valence-electron chi connectivity index (χ1n) is 16.1. The fourth-order valence-corrected chi connectivity index (χ4v) is 7.90. The third-order valence-corrected chi connectivity index (χ3v) is 9.98. The fourth-order valence-electron chi connectivity index (χ4n) is 7.90. The summed E-state index contributed by atoms with van der Waals surface area (Å²) in [6.45, 7) is 2.03. The highest BCUT2D eigenvalue weighted by molar-refractivity contribution is 6.36. The van der Waals surface area contributed by atoms with Crippen LogP contribution in [0.15, 0.2) is 115 Å². The molecular formula is C42H30N4. The van der Waals surface area contributed by atoms with E-state index in [1.807, 2.05) is 6.92 Å². The molecule has 6 aromatic carbocycles. The Kier molecular flexibility index (Phi) is 5.29. The second kappa shape index (κ2) is 9.46. The molecule has 0 amide bonds. The Morgan fingerprint density at radius 3 is 2.30 bits per heavy atom. The molecule has 218 valence electrons. The normalized spacial score (nSPS) is 14.0. The second-order valence-electron chi connectivity index (χ2n) is 12.7. The van der Waals surface area contributed by atoms with Crippen molar-refractivity contribution in [1.82, 2.24) is 14.4 Å². The third kappa shape index (κ3) is 3.48. The highest BCUT2D eigenvalue weighted by Gasteiger charge is 2.25. The Bertz CT molecular complexity index is 2730. The minimum atomic E-state index is -0.0598. The first kappa shape index (κ1) is 25.7. The molecule has 10 rings (SSSR count). The number of nitrogens with zero attached hydrogens (tertiary/aromatic N) is 3. The standard InChI is InChI=1S/C42H30N4/c1-24(43)25-12-10-13-27(21-25)40-30-16-4-7-18-35(30)44-42(45-40)34-22-26-11-2-3-14-28(26)32-23-33-29-15-5-8-19-36(29)46-37-20-9-6-17-31(37)39(38(32)34)41(33)46/h2-6,8-17,19-24H,7,18,43H2,1H3. The first-order valence-corrected chi connectivity index (χ1v) is 16.1. The minimum absolute atomic E-state index is 0.0598. The Morgan fingerprint density at radius 2 is 1.46 bits per heavy atom. The lowest BCUT2D eigenvalue weighted by molar-refractivity contribution is 0.818. The number of para-hydroxylation sites is 2. The molecule has 0 radical (unpaired) electrons. The molecule has 1 aliphatic rings. The number of nitrogens with two attached hydrogens (primary N) is 1. The van der Waals surface area contributed by atoms with E-state index in [0.29, 0.717) is 0 Å². The summed E-state index contributed by atoms with van der Waals surface area (Å²) in [4.78, 5) is 10.8. The van der Waals surface area contributed by atoms with Crippen LogP contribution in [0.3, 0.4) is 0 Å². The molecule has 1 unspecified atom stereocenters. The van der Waals surface area contributed by atoms with Crippen LogP contribution in [-0.2, 0) is 6.42 Å². The molecule has 1 aliphatic carbocycles. The van der Waals surface area contributed by atoms with Gasteiger partial charge in [-0.25, -0.2) is 9.97 Å². The van der Waals surface area contributed by atoms with Gasteiger partial charge in [0, 0.05) is 49.7 Å². The lowest BCUT2D eigenvalue weighted by atomic mass is 9.91. The Hall–Kier alpha value is -5.58. The van der Waals surface area contributed by atoms with Gasteiger partial charge in [0.15, 0.2) is 5.82 Å². The molecule has 0 aliphatic heterocycles. The maximum Gasteiger partial charge on any atom is 0.160 e. The second-order valence-corrected chi connectivity index (χ2v) is 12.7. The molecule has 0 bridgehead atoms. The molecular weight excluding hydrogens is 560 g/mol. The van der Waals surface area contributed by atoms with Gasteiger partial charge in [-0.15, -0.1) is 0 Å². The number of hydrogen-bond acceptors (Lipinski definition) is 3. The molecule has 3 aromatic heterocycles. The number of hydrogen-bond donors (Lipinski definition) is 1. The van der Waals surface area contributed by atoms with Crippen molar-refractivity contribution >= 4 is 65.7 Å². The number of rotatable bonds is 3. The molecule has 46 heavy (non-hydrogen) atoms. The summed E-state index contributed by atoms with van der Waals surface area (Å²) in [6.07, 6.45) is 6.30. The van der Waals surface area contributed by atoms with Crippen LogP contribution in [0.25, 0.3) is 88.4 Å². The van der Waals surface area contributed by atoms with E-state index in [0.717, 1.165) is 52.3 Å². The number of allylic oxidation sites excluding steroid dienone is 1. The first-order chi connectivity index (χ1) is 22.7. The molecule has 3 heterocycles. The summed E-state index contributed by atoms with van der Waals surface area (Å²) in [5.41, 5.74) is 16.5. The van der Waals surface area contributed by atoms with E-state index >= 15 is 0 Å². The Morgan fingerprint density at radius 1 is 0.696 bits per heavy atom. The zero-order chi connectivity index (χ0) is 30.5. The molecule has 1 atom stereocenters. The lowest BCUT2D eigenvalue weighted by Gasteiger charge is -2.18. The van der Waals surface area contributed by atoms with Gasteiger partial charge in [0.05, 0.1) is 27.9 Å². The van der Waals surface area contributed by atoms with Gasteiger partial charge in [-0.05, 0) is 71.8 Å². The molecule has 2 N–H and O–H groups in total. The van der Waals surface area contributed by atoms with E-state index in [4.69, 9.17) is 15.7 Å². The van der Waals surface area contributed by atoms with Gasteiger partial charge in [0.1, 0.15) is 0 Å². The van der Waals surface area contributed by atoms with Gasteiger partial charge in [0.2, 0.25) is 0 Å². The van der Waals surface area contributed by atoms with Gasteiger partial charge in [-0.2, -0.15) is 0 Å². The topological polar surface area (TPSA) is 56.2 Å². The van der Waals surface area contributed by atoms with E-state index in [-0.39, 0.29) is 6.04 Å². The summed E-state index contributed by atoms with van der Waals surface area (Å²) in [6, 6.07) is 39.6. The van der Waals surface area contributed by atoms with Crippen molar-refractivity contribution in [1.29, 1.82) is 0 Å². The molecule has 0 spiro atoms. The van der Waals surface area contributed by atoms with Crippen molar-refractivity contribution in [2.24, 2.45) is 5.73 Å². The van der Waals surface area contributed by atoms with E-state index < -0.39 is 0 Å². The van der Waals surface area contributed by atoms with Crippen LogP contribution in [0, 0.1) is 0 Å². The van der Waals surface area contributed by atoms with Gasteiger partial charge in [0.25, 0.3) is 0 Å². The largest absolute Gasteiger partial charge is 0.324 e. The van der Waals surface area contributed by atoms with Gasteiger partial charge >= 0.3 is 0 Å². The average molecular weight is 591 g/mol. The molecule has 4 nitrogen and oxygen atoms in total. The zero-order valence-electron chi connectivity index (χ0n) is 25.5. The van der Waals surface area contributed by atoms with Crippen LogP contribution < -0.4 is 5.73 Å². The van der Waals surface area contributed by atoms with Gasteiger partial charge in [-0.1, -0.05) is 91.0 Å². The number of fused-ring (bicyclic) bond motifs is 11. The maximum atomic E-state index is 6.33. The Labute approximate surface area is 265 Å². The summed E-state index contributed by atoms with van der Waals surface area (Å²) < 4.78 is 2.46. The highest BCUT2D eigenvalue weighted by atomic mass is 14.9. The number of aryl methyl sites for hydroxylation is 1. The van der Waals surface area contributed by atoms with Crippen LogP contribution in [-0.4, -0.2) is 14.4 Å². The van der Waals surface area contributed by atoms with Gasteiger partial charge in [-0.3, -0.25) is 0 Å². The molecule has 0 saturated heterocycles. The predicted molar refractivity (Wildman–Crippen MR) is 193 cm³/mol. The molecule has 9 aromatic rings. The summed E-state index contributed by atoms with van der Waals surface area (Å²) >= 11 is 0. The summed E-state index contributed by atoms with van der Waals surface area (Å²) in [5.74, 6) is 0.772. The van der Waals surface area contributed by atoms with Crippen molar-refractivity contribution in [3.63, 3.8) is 0 Å². The molecule has 0 saturated carbocycles. The smallest absolute Gasteiger partial charge is 0.160 e. The van der Waals surface area contributed by atoms with Gasteiger partial charge < -0.3 is 10.1 Å². The van der Waals surface area contributed by atoms with Crippen LogP contribution in [0.1, 0.15) is 36.2 Å². The summed E-state index contributed by atoms with van der Waals surface area (Å²) in [5, 5.41) is 9.94. The monoisotopic (exact) mass is 590 g/mol. The van der Waals surface area contributed by atoms with Crippen molar-refractivity contribution in [3.8, 4) is 22.6 Å². The fraction of sp³-hybridized carbons (Fsp3) is 0.0952. The van der Waals surface area contributed by atoms with E-state index in [1.165, 1.54) is 59.6 Å². The van der Waals surface area contributed by atoms with Crippen LogP contribution in [0.5, 0.6) is 0 Å². The molecule has 4 heteroatoms. The van der Waals surface area contributed by atoms with Crippen LogP contribution in [0.2, 0.25) is 0 Å². The Balaban J connectivity index is 1.40. The van der Waals surface area contributed by atoms with E-state index in [1.54, 1.807) is 0 Å². The predicted octanol–water partition coefficient (Wildman–Crippen LogP) is 10.2. The minimum Gasteiger partial charge on any atom is -0.324 e. The summed E-state index contributed by atoms with van der Waals surface area (Å²) in [7, 11) is 0. The van der Waals surface area contributed by atoms with E-state index in [9.17, 15) is 0 Å². The zero-order valence-corrected chi connectivity index (χ0v) is 25.5. The van der Waals surface area contributed by atoms with E-state index in [2.05, 4.69) is 126 Å². The molecule has 0 fully saturated rings. The average Bonchev–Trinajstić information content (AvgIpc) is 3.63. The SMILES string of the molecule is CC(N)c1cccc(-c2nc(-c3cc4ccccc4c4cc5c6ccccc6n6c7ccccc7c(c34)c56)nc3c2C=CCC3)c1. The maximum absolute atomic E-state index is 6.33. The quantitative estimate of drug-likeness (QED) is 0.208. The highest BCUT2D eigenvalue weighted by Crippen LogP contribution is 2.47. The van der Waals surface area contributed by atoms with Crippen molar-refractivity contribution in [2.75, 3.05) is 0 Å². The third-order valence-electron chi connectivity index (χ3n) is 9.98. The van der Waals surface area contributed by atoms with Crippen molar-refractivity contribution < 1.29 is 0 Å². The number of benzene rings is 6. The van der Waals surface area contributed by atoms with Crippen LogP contribution in [0.4, 0.5) is 0 Å².